The number of aromatic nitrogens is 2. The van der Waals surface area contributed by atoms with Crippen molar-refractivity contribution in [1.82, 2.24) is 14.9 Å². The number of nitrogens with zero attached hydrogens (tertiary/aromatic N) is 5. The Bertz CT molecular complexity index is 1300. The second-order valence-corrected chi connectivity index (χ2v) is 11.6. The first kappa shape index (κ1) is 27.0. The van der Waals surface area contributed by atoms with E-state index in [1.54, 1.807) is 4.90 Å². The molecule has 0 bridgehead atoms. The van der Waals surface area contributed by atoms with Crippen LogP contribution in [-0.2, 0) is 16.0 Å². The predicted octanol–water partition coefficient (Wildman–Crippen LogP) is 2.21. The van der Waals surface area contributed by atoms with E-state index >= 15 is 0 Å². The van der Waals surface area contributed by atoms with E-state index in [-0.39, 0.29) is 44.1 Å². The quantitative estimate of drug-likeness (QED) is 0.570. The largest absolute Gasteiger partial charge is 0.434 e. The monoisotopic (exact) mass is 545 g/mol. The second kappa shape index (κ2) is 9.71. The molecule has 9 nitrogen and oxygen atoms in total. The molecule has 2 aromatic rings. The second-order valence-electron chi connectivity index (χ2n) is 9.63. The first-order valence-electron chi connectivity index (χ1n) is 11.6. The number of sulfone groups is 1. The van der Waals surface area contributed by atoms with Gasteiger partial charge in [-0.3, -0.25) is 4.79 Å². The van der Waals surface area contributed by atoms with Crippen LogP contribution < -0.4 is 9.80 Å². The minimum absolute atomic E-state index is 0.0559. The fraction of sp³-hybridized carbons (Fsp3) is 0.522. The summed E-state index contributed by atoms with van der Waals surface area (Å²) in [5.74, 6) is -2.01. The van der Waals surface area contributed by atoms with E-state index in [4.69, 9.17) is 0 Å². The minimum Gasteiger partial charge on any atom is -0.389 e. The lowest BCUT2D eigenvalue weighted by Gasteiger charge is -2.44. The molecule has 1 aromatic carbocycles. The van der Waals surface area contributed by atoms with Crippen LogP contribution in [0.15, 0.2) is 29.3 Å². The van der Waals surface area contributed by atoms with Crippen LogP contribution in [0, 0.1) is 11.7 Å². The molecule has 2 saturated heterocycles. The lowest BCUT2D eigenvalue weighted by molar-refractivity contribution is -0.141. The van der Waals surface area contributed by atoms with Crippen LogP contribution in [-0.4, -0.2) is 85.4 Å². The summed E-state index contributed by atoms with van der Waals surface area (Å²) in [5, 5.41) is 9.40. The summed E-state index contributed by atoms with van der Waals surface area (Å²) < 4.78 is 79.7. The molecule has 2 fully saturated rings. The summed E-state index contributed by atoms with van der Waals surface area (Å²) in [6, 6.07) is 3.42. The van der Waals surface area contributed by atoms with Crippen LogP contribution in [0.5, 0.6) is 0 Å². The number of aliphatic hydroxyl groups is 1. The number of amides is 1. The number of hydrogen-bond donors (Lipinski definition) is 1. The average Bonchev–Trinajstić information content (AvgIpc) is 2.80. The summed E-state index contributed by atoms with van der Waals surface area (Å²) in [4.78, 5) is 24.6. The van der Waals surface area contributed by atoms with Crippen molar-refractivity contribution in [3.63, 3.8) is 0 Å². The predicted molar refractivity (Wildman–Crippen MR) is 127 cm³/mol. The molecular formula is C23H27F4N5O4S. The molecule has 1 unspecified atom stereocenters. The van der Waals surface area contributed by atoms with Crippen LogP contribution in [0.25, 0.3) is 0 Å². The Kier molecular flexibility index (Phi) is 7.10. The van der Waals surface area contributed by atoms with Crippen molar-refractivity contribution >= 4 is 27.4 Å². The molecule has 37 heavy (non-hydrogen) atoms. The number of likely N-dealkylation sites (tertiary alicyclic amines) is 1. The Labute approximate surface area is 211 Å². The Morgan fingerprint density at radius 1 is 1.16 bits per heavy atom. The van der Waals surface area contributed by atoms with Gasteiger partial charge < -0.3 is 19.8 Å². The molecule has 4 rings (SSSR count). The Morgan fingerprint density at radius 3 is 2.41 bits per heavy atom. The summed E-state index contributed by atoms with van der Waals surface area (Å²) in [5.41, 5.74) is -1.55. The number of piperazine rings is 1. The number of carbonyl (C=O) groups excluding carboxylic acids is 1. The van der Waals surface area contributed by atoms with Crippen LogP contribution in [0.1, 0.15) is 29.9 Å². The van der Waals surface area contributed by atoms with Gasteiger partial charge in [-0.25, -0.2) is 22.8 Å². The van der Waals surface area contributed by atoms with Crippen molar-refractivity contribution < 1.29 is 35.9 Å². The standard InChI is InChI=1S/C23H27F4N5O4S/c1-13(2)18-12-30(14-4-5-17(24)19(8-14)37(3,35)36)6-7-32(18)22-28-9-16(20(29-22)23(25,26)27)21(34)31-10-15(33)11-31/h4-5,8-9,13,15,18,33H,6-7,10-12H2,1-3H3. The summed E-state index contributed by atoms with van der Waals surface area (Å²) in [7, 11) is -3.80. The fourth-order valence-electron chi connectivity index (χ4n) is 4.51. The number of rotatable bonds is 5. The Balaban J connectivity index is 1.64. The highest BCUT2D eigenvalue weighted by Gasteiger charge is 2.42. The van der Waals surface area contributed by atoms with E-state index in [1.807, 2.05) is 18.7 Å². The molecule has 0 spiro atoms. The van der Waals surface area contributed by atoms with Crippen molar-refractivity contribution in [2.24, 2.45) is 5.92 Å². The number of benzene rings is 1. The van der Waals surface area contributed by atoms with E-state index in [9.17, 15) is 35.9 Å². The highest BCUT2D eigenvalue weighted by Crippen LogP contribution is 2.34. The van der Waals surface area contributed by atoms with Gasteiger partial charge in [-0.2, -0.15) is 13.2 Å². The van der Waals surface area contributed by atoms with Crippen molar-refractivity contribution in [3.05, 3.63) is 41.5 Å². The van der Waals surface area contributed by atoms with Gasteiger partial charge in [0.1, 0.15) is 10.7 Å². The molecule has 202 valence electrons. The van der Waals surface area contributed by atoms with Gasteiger partial charge in [0.15, 0.2) is 15.5 Å². The van der Waals surface area contributed by atoms with Gasteiger partial charge in [0.05, 0.1) is 17.7 Å². The number of carbonyl (C=O) groups is 1. The maximum atomic E-state index is 14.1. The molecule has 3 heterocycles. The van der Waals surface area contributed by atoms with Crippen LogP contribution in [0.3, 0.4) is 0 Å². The molecule has 1 amide bonds. The molecule has 14 heteroatoms. The normalized spacial score (nSPS) is 19.4. The average molecular weight is 546 g/mol. The van der Waals surface area contributed by atoms with Crippen LogP contribution in [0.2, 0.25) is 0 Å². The SMILES string of the molecule is CC(C)C1CN(c2ccc(F)c(S(C)(=O)=O)c2)CCN1c1ncc(C(=O)N2CC(O)C2)c(C(F)(F)F)n1. The van der Waals surface area contributed by atoms with Gasteiger partial charge in [0.2, 0.25) is 5.95 Å². The van der Waals surface area contributed by atoms with Gasteiger partial charge in [-0.1, -0.05) is 13.8 Å². The van der Waals surface area contributed by atoms with E-state index in [0.717, 1.165) is 23.4 Å². The van der Waals surface area contributed by atoms with Crippen molar-refractivity contribution in [3.8, 4) is 0 Å². The third-order valence-electron chi connectivity index (χ3n) is 6.55. The van der Waals surface area contributed by atoms with Crippen LogP contribution >= 0.6 is 0 Å². The zero-order chi connectivity index (χ0) is 27.3. The number of hydrogen-bond acceptors (Lipinski definition) is 8. The summed E-state index contributed by atoms with van der Waals surface area (Å²) in [6.07, 6.45) is -3.88. The van der Waals surface area contributed by atoms with E-state index < -0.39 is 50.0 Å². The van der Waals surface area contributed by atoms with Gasteiger partial charge >= 0.3 is 6.18 Å². The van der Waals surface area contributed by atoms with Crippen molar-refractivity contribution in [1.29, 1.82) is 0 Å². The van der Waals surface area contributed by atoms with Gasteiger partial charge in [0, 0.05) is 50.9 Å². The van der Waals surface area contributed by atoms with Gasteiger partial charge in [0.25, 0.3) is 5.91 Å². The number of β-amino-alcohol motifs (C(OH)–C–C–N with tert-alkyl or cyclic N) is 1. The molecular weight excluding hydrogens is 518 g/mol. The first-order valence-corrected chi connectivity index (χ1v) is 13.5. The number of aliphatic hydroxyl groups excluding tert-OH is 1. The van der Waals surface area contributed by atoms with Gasteiger partial charge in [-0.05, 0) is 24.1 Å². The highest BCUT2D eigenvalue weighted by molar-refractivity contribution is 7.90. The van der Waals surface area contributed by atoms with E-state index in [0.29, 0.717) is 12.2 Å². The first-order chi connectivity index (χ1) is 17.2. The zero-order valence-electron chi connectivity index (χ0n) is 20.4. The Morgan fingerprint density at radius 2 is 1.84 bits per heavy atom. The molecule has 0 radical (unpaired) electrons. The maximum absolute atomic E-state index is 14.1. The third-order valence-corrected chi connectivity index (χ3v) is 7.66. The number of halogens is 4. The Hall–Kier alpha value is -3.00. The summed E-state index contributed by atoms with van der Waals surface area (Å²) >= 11 is 0. The molecule has 2 aliphatic heterocycles. The molecule has 0 saturated carbocycles. The molecule has 0 aliphatic carbocycles. The fourth-order valence-corrected chi connectivity index (χ4v) is 5.27. The topological polar surface area (TPSA) is 107 Å². The van der Waals surface area contributed by atoms with Gasteiger partial charge in [-0.15, -0.1) is 0 Å². The smallest absolute Gasteiger partial charge is 0.389 e. The molecule has 1 N–H and O–H groups in total. The molecule has 1 atom stereocenters. The minimum atomic E-state index is -4.91. The maximum Gasteiger partial charge on any atom is 0.434 e. The third kappa shape index (κ3) is 5.49. The number of alkyl halides is 3. The molecule has 1 aromatic heterocycles. The highest BCUT2D eigenvalue weighted by atomic mass is 32.2. The lowest BCUT2D eigenvalue weighted by atomic mass is 9.99. The van der Waals surface area contributed by atoms with E-state index in [2.05, 4.69) is 9.97 Å². The van der Waals surface area contributed by atoms with Crippen molar-refractivity contribution in [2.75, 3.05) is 48.8 Å². The zero-order valence-corrected chi connectivity index (χ0v) is 21.2. The molecule has 2 aliphatic rings. The van der Waals surface area contributed by atoms with Crippen molar-refractivity contribution in [2.45, 2.75) is 37.1 Å². The van der Waals surface area contributed by atoms with Crippen LogP contribution in [0.4, 0.5) is 29.2 Å². The number of anilines is 2. The summed E-state index contributed by atoms with van der Waals surface area (Å²) in [6.45, 7) is 4.44. The van der Waals surface area contributed by atoms with E-state index in [1.165, 1.54) is 12.1 Å². The lowest BCUT2D eigenvalue weighted by Crippen LogP contribution is -2.56.